The molecule has 1 aromatic rings. The number of thiol groups is 1. The summed E-state index contributed by atoms with van der Waals surface area (Å²) in [6.45, 7) is 4.26. The maximum Gasteiger partial charge on any atom is 0.169 e. The van der Waals surface area contributed by atoms with Gasteiger partial charge in [-0.3, -0.25) is 10.6 Å². The molecule has 0 atom stereocenters. The van der Waals surface area contributed by atoms with Crippen LogP contribution >= 0.6 is 12.6 Å². The minimum atomic E-state index is -0.267. The van der Waals surface area contributed by atoms with Gasteiger partial charge in [0.15, 0.2) is 6.29 Å². The molecule has 10 heteroatoms. The number of rotatable bonds is 10. The molecule has 1 aromatic carbocycles. The van der Waals surface area contributed by atoms with Crippen molar-refractivity contribution in [3.63, 3.8) is 0 Å². The summed E-state index contributed by atoms with van der Waals surface area (Å²) in [7, 11) is 1.62. The molecule has 0 unspecified atom stereocenters. The third-order valence-corrected chi connectivity index (χ3v) is 5.12. The summed E-state index contributed by atoms with van der Waals surface area (Å²) in [5, 5.41) is 6.95. The molecule has 0 bridgehead atoms. The highest BCUT2D eigenvalue weighted by Gasteiger charge is 2.17. The number of hydrogen-bond donors (Lipinski definition) is 6. The van der Waals surface area contributed by atoms with E-state index >= 15 is 0 Å². The normalized spacial score (nSPS) is 16.0. The van der Waals surface area contributed by atoms with Gasteiger partial charge in [-0.2, -0.15) is 5.12 Å². The second-order valence-corrected chi connectivity index (χ2v) is 7.77. The van der Waals surface area contributed by atoms with Crippen molar-refractivity contribution in [3.8, 4) is 0 Å². The number of nitrogens with zero attached hydrogens (tertiary/aromatic N) is 2. The molecule has 0 saturated carbocycles. The summed E-state index contributed by atoms with van der Waals surface area (Å²) < 4.78 is 14.8. The van der Waals surface area contributed by atoms with Gasteiger partial charge in [-0.15, -0.1) is 12.6 Å². The van der Waals surface area contributed by atoms with Crippen molar-refractivity contribution in [1.82, 2.24) is 21.2 Å². The molecule has 1 aliphatic heterocycles. The third-order valence-electron chi connectivity index (χ3n) is 4.90. The van der Waals surface area contributed by atoms with Crippen molar-refractivity contribution in [1.29, 1.82) is 0 Å². The summed E-state index contributed by atoms with van der Waals surface area (Å²) in [5.41, 5.74) is 10.8. The molecule has 166 valence electrons. The van der Waals surface area contributed by atoms with Gasteiger partial charge in [0.25, 0.3) is 0 Å². The largest absolute Gasteiger partial charge is 0.384 e. The number of carbonyl (C=O) groups is 1. The number of halogens is 1. The fraction of sp³-hybridized carbons (Fsp3) is 0.450. The molecule has 1 saturated heterocycles. The van der Waals surface area contributed by atoms with E-state index in [1.165, 1.54) is 17.6 Å². The number of piperidine rings is 1. The SMILES string of the molecule is CN/C(N)=C(\C=O)NCCN(N)N/C(=C(/C)S)c1ccc(N2CCCCC2)c(F)c1. The Morgan fingerprint density at radius 3 is 2.60 bits per heavy atom. The fourth-order valence-corrected chi connectivity index (χ4v) is 3.43. The highest BCUT2D eigenvalue weighted by Crippen LogP contribution is 2.27. The van der Waals surface area contributed by atoms with Crippen LogP contribution in [-0.2, 0) is 4.79 Å². The third kappa shape index (κ3) is 6.54. The second kappa shape index (κ2) is 11.7. The Morgan fingerprint density at radius 2 is 2.03 bits per heavy atom. The number of nitrogens with one attached hydrogen (secondary N) is 3. The van der Waals surface area contributed by atoms with Crippen molar-refractivity contribution < 1.29 is 9.18 Å². The number of anilines is 1. The van der Waals surface area contributed by atoms with Gasteiger partial charge in [0.2, 0.25) is 0 Å². The van der Waals surface area contributed by atoms with Gasteiger partial charge in [-0.05, 0) is 38.3 Å². The summed E-state index contributed by atoms with van der Waals surface area (Å²) in [6, 6.07) is 5.17. The zero-order valence-electron chi connectivity index (χ0n) is 17.5. The topological polar surface area (TPSA) is 112 Å². The molecule has 0 amide bonds. The number of nitrogens with two attached hydrogens (primary N) is 2. The number of hydrazine groups is 2. The van der Waals surface area contributed by atoms with Gasteiger partial charge in [-0.25, -0.2) is 4.39 Å². The van der Waals surface area contributed by atoms with Crippen LogP contribution in [0.1, 0.15) is 31.7 Å². The Kier molecular flexibility index (Phi) is 9.28. The molecular weight excluding hydrogens is 405 g/mol. The lowest BCUT2D eigenvalue weighted by atomic mass is 10.1. The molecular formula is C20H32FN7OS. The second-order valence-electron chi connectivity index (χ2n) is 7.10. The Labute approximate surface area is 182 Å². The van der Waals surface area contributed by atoms with Crippen LogP contribution in [0.15, 0.2) is 34.6 Å². The van der Waals surface area contributed by atoms with Gasteiger partial charge in [0.1, 0.15) is 17.3 Å². The maximum atomic E-state index is 14.8. The first kappa shape index (κ1) is 23.8. The van der Waals surface area contributed by atoms with Gasteiger partial charge >= 0.3 is 0 Å². The van der Waals surface area contributed by atoms with Gasteiger partial charge in [0.05, 0.1) is 17.9 Å². The van der Waals surface area contributed by atoms with Crippen LogP contribution in [0.4, 0.5) is 10.1 Å². The smallest absolute Gasteiger partial charge is 0.169 e. The number of benzene rings is 1. The van der Waals surface area contributed by atoms with Crippen LogP contribution in [0.2, 0.25) is 0 Å². The zero-order valence-corrected chi connectivity index (χ0v) is 18.4. The van der Waals surface area contributed by atoms with Crippen molar-refractivity contribution in [2.45, 2.75) is 26.2 Å². The molecule has 2 rings (SSSR count). The first-order chi connectivity index (χ1) is 14.4. The molecule has 0 spiro atoms. The van der Waals surface area contributed by atoms with Gasteiger partial charge < -0.3 is 26.7 Å². The first-order valence-electron chi connectivity index (χ1n) is 9.97. The molecule has 30 heavy (non-hydrogen) atoms. The monoisotopic (exact) mass is 437 g/mol. The van der Waals surface area contributed by atoms with Crippen LogP contribution in [0.5, 0.6) is 0 Å². The number of allylic oxidation sites excluding steroid dienone is 2. The minimum Gasteiger partial charge on any atom is -0.384 e. The predicted molar refractivity (Wildman–Crippen MR) is 122 cm³/mol. The van der Waals surface area contributed by atoms with Crippen LogP contribution in [-0.4, -0.2) is 44.6 Å². The summed E-state index contributed by atoms with van der Waals surface area (Å²) in [5.74, 6) is 6.01. The Morgan fingerprint density at radius 1 is 1.33 bits per heavy atom. The van der Waals surface area contributed by atoms with E-state index in [4.69, 9.17) is 11.6 Å². The lowest BCUT2D eigenvalue weighted by molar-refractivity contribution is -0.105. The quantitative estimate of drug-likeness (QED) is 0.107. The van der Waals surface area contributed by atoms with E-state index in [2.05, 4.69) is 33.6 Å². The number of aldehydes is 1. The summed E-state index contributed by atoms with van der Waals surface area (Å²) in [4.78, 5) is 13.8. The molecule has 0 aliphatic carbocycles. The highest BCUT2D eigenvalue weighted by molar-refractivity contribution is 7.84. The minimum absolute atomic E-state index is 0.248. The van der Waals surface area contributed by atoms with E-state index in [1.807, 2.05) is 6.07 Å². The van der Waals surface area contributed by atoms with Crippen molar-refractivity contribution >= 4 is 30.3 Å². The van der Waals surface area contributed by atoms with E-state index in [0.29, 0.717) is 41.2 Å². The van der Waals surface area contributed by atoms with Gasteiger partial charge in [-0.1, -0.05) is 6.07 Å². The van der Waals surface area contributed by atoms with Crippen molar-refractivity contribution in [2.24, 2.45) is 11.6 Å². The Hall–Kier alpha value is -2.43. The molecule has 1 aliphatic rings. The van der Waals surface area contributed by atoms with Crippen LogP contribution in [0.3, 0.4) is 0 Å². The van der Waals surface area contributed by atoms with Gasteiger partial charge in [0, 0.05) is 37.2 Å². The standard InChI is InChI=1S/C20H32FN7OS/c1-14(30)19(26-28(23)11-8-25-17(13-29)20(22)24-2)15-6-7-18(16(21)12-15)27-9-4-3-5-10-27/h6-7,12-13,24-26,30H,3-5,8-11,22-23H2,1-2H3/b19-14-,20-17+. The fourth-order valence-electron chi connectivity index (χ4n) is 3.25. The van der Waals surface area contributed by atoms with Crippen molar-refractivity contribution in [3.05, 3.63) is 46.0 Å². The first-order valence-corrected chi connectivity index (χ1v) is 10.4. The molecule has 0 radical (unpaired) electrons. The molecule has 0 aromatic heterocycles. The summed E-state index contributed by atoms with van der Waals surface area (Å²) in [6.07, 6.45) is 4.00. The lowest BCUT2D eigenvalue weighted by Crippen LogP contribution is -2.46. The summed E-state index contributed by atoms with van der Waals surface area (Å²) >= 11 is 4.43. The van der Waals surface area contributed by atoms with E-state index in [9.17, 15) is 9.18 Å². The average Bonchev–Trinajstić information content (AvgIpc) is 2.75. The van der Waals surface area contributed by atoms with Crippen LogP contribution in [0.25, 0.3) is 5.70 Å². The molecule has 1 fully saturated rings. The Bertz CT molecular complexity index is 789. The number of carbonyl (C=O) groups excluding carboxylic acids is 1. The Balaban J connectivity index is 2.03. The average molecular weight is 438 g/mol. The van der Waals surface area contributed by atoms with Crippen molar-refractivity contribution in [2.75, 3.05) is 38.1 Å². The van der Waals surface area contributed by atoms with E-state index in [0.717, 1.165) is 25.9 Å². The zero-order chi connectivity index (χ0) is 22.1. The lowest BCUT2D eigenvalue weighted by Gasteiger charge is -2.29. The maximum absolute atomic E-state index is 14.8. The number of hydrogen-bond acceptors (Lipinski definition) is 9. The molecule has 7 N–H and O–H groups in total. The van der Waals surface area contributed by atoms with E-state index in [1.54, 1.807) is 20.0 Å². The van der Waals surface area contributed by atoms with E-state index < -0.39 is 0 Å². The highest BCUT2D eigenvalue weighted by atomic mass is 32.1. The predicted octanol–water partition coefficient (Wildman–Crippen LogP) is 1.25. The molecule has 1 heterocycles. The van der Waals surface area contributed by atoms with E-state index in [-0.39, 0.29) is 17.3 Å². The van der Waals surface area contributed by atoms with Crippen LogP contribution < -0.4 is 32.5 Å². The van der Waals surface area contributed by atoms with Crippen LogP contribution in [0, 0.1) is 5.82 Å². The molecule has 8 nitrogen and oxygen atoms in total.